The Bertz CT molecular complexity index is 420. The molecule has 1 unspecified atom stereocenters. The molecule has 0 aliphatic carbocycles. The van der Waals surface area contributed by atoms with E-state index < -0.39 is 17.9 Å². The number of rotatable bonds is 5. The standard InChI is InChI=1S/C11H14N2O4/c1-7(10(14)15)6-13-9-5-8(3-4-12-9)11(16)17-2/h3-5,7H,6H2,1-2H3,(H,12,13)(H,14,15). The fourth-order valence-electron chi connectivity index (χ4n) is 1.12. The van der Waals surface area contributed by atoms with Crippen LogP contribution in [0, 0.1) is 5.92 Å². The van der Waals surface area contributed by atoms with E-state index in [1.54, 1.807) is 6.92 Å². The Morgan fingerprint density at radius 1 is 1.59 bits per heavy atom. The molecule has 0 aliphatic rings. The van der Waals surface area contributed by atoms with Crippen molar-refractivity contribution in [1.82, 2.24) is 4.98 Å². The van der Waals surface area contributed by atoms with E-state index in [1.165, 1.54) is 25.4 Å². The summed E-state index contributed by atoms with van der Waals surface area (Å²) >= 11 is 0. The van der Waals surface area contributed by atoms with Gasteiger partial charge >= 0.3 is 11.9 Å². The molecule has 0 aliphatic heterocycles. The van der Waals surface area contributed by atoms with Gasteiger partial charge in [0, 0.05) is 12.7 Å². The number of carbonyl (C=O) groups is 2. The van der Waals surface area contributed by atoms with Gasteiger partial charge in [0.1, 0.15) is 5.82 Å². The van der Waals surface area contributed by atoms with Crippen LogP contribution >= 0.6 is 0 Å². The topological polar surface area (TPSA) is 88.5 Å². The number of pyridine rings is 1. The number of ether oxygens (including phenoxy) is 1. The van der Waals surface area contributed by atoms with Crippen molar-refractivity contribution in [3.8, 4) is 0 Å². The molecule has 0 bridgehead atoms. The lowest BCUT2D eigenvalue weighted by molar-refractivity contribution is -0.140. The second-order valence-electron chi connectivity index (χ2n) is 3.54. The van der Waals surface area contributed by atoms with E-state index in [0.717, 1.165) is 0 Å². The normalized spacial score (nSPS) is 11.6. The number of nitrogens with zero attached hydrogens (tertiary/aromatic N) is 1. The van der Waals surface area contributed by atoms with E-state index in [-0.39, 0.29) is 6.54 Å². The van der Waals surface area contributed by atoms with Gasteiger partial charge < -0.3 is 15.2 Å². The minimum absolute atomic E-state index is 0.243. The first-order valence-electron chi connectivity index (χ1n) is 5.05. The van der Waals surface area contributed by atoms with Crippen LogP contribution in [-0.2, 0) is 9.53 Å². The summed E-state index contributed by atoms with van der Waals surface area (Å²) in [6.07, 6.45) is 1.46. The zero-order valence-electron chi connectivity index (χ0n) is 9.64. The van der Waals surface area contributed by atoms with E-state index in [9.17, 15) is 9.59 Å². The highest BCUT2D eigenvalue weighted by molar-refractivity contribution is 5.90. The average molecular weight is 238 g/mol. The van der Waals surface area contributed by atoms with E-state index in [4.69, 9.17) is 5.11 Å². The molecule has 17 heavy (non-hydrogen) atoms. The Kier molecular flexibility index (Phi) is 4.45. The first-order chi connectivity index (χ1) is 8.04. The summed E-state index contributed by atoms with van der Waals surface area (Å²) in [5.41, 5.74) is 0.368. The Morgan fingerprint density at radius 2 is 2.29 bits per heavy atom. The number of aliphatic carboxylic acids is 1. The van der Waals surface area contributed by atoms with Crippen molar-refractivity contribution < 1.29 is 19.4 Å². The molecule has 0 saturated carbocycles. The molecule has 2 N–H and O–H groups in total. The third kappa shape index (κ3) is 3.75. The molecule has 0 fully saturated rings. The molecule has 6 nitrogen and oxygen atoms in total. The van der Waals surface area contributed by atoms with Crippen molar-refractivity contribution in [3.63, 3.8) is 0 Å². The number of carboxylic acids is 1. The van der Waals surface area contributed by atoms with Crippen molar-refractivity contribution in [2.75, 3.05) is 19.0 Å². The smallest absolute Gasteiger partial charge is 0.338 e. The molecule has 1 aromatic rings. The Balaban J connectivity index is 2.66. The van der Waals surface area contributed by atoms with Gasteiger partial charge in [0.15, 0.2) is 0 Å². The largest absolute Gasteiger partial charge is 0.481 e. The Labute approximate surface area is 98.6 Å². The number of methoxy groups -OCH3 is 1. The number of nitrogens with one attached hydrogen (secondary N) is 1. The van der Waals surface area contributed by atoms with Crippen LogP contribution in [0.4, 0.5) is 5.82 Å². The second-order valence-corrected chi connectivity index (χ2v) is 3.54. The molecule has 0 saturated heterocycles. The van der Waals surface area contributed by atoms with E-state index in [2.05, 4.69) is 15.0 Å². The van der Waals surface area contributed by atoms with Crippen molar-refractivity contribution in [3.05, 3.63) is 23.9 Å². The summed E-state index contributed by atoms with van der Waals surface area (Å²) in [6, 6.07) is 3.04. The number of hydrogen-bond acceptors (Lipinski definition) is 5. The first kappa shape index (κ1) is 13.0. The molecular weight excluding hydrogens is 224 g/mol. The lowest BCUT2D eigenvalue weighted by Crippen LogP contribution is -2.20. The van der Waals surface area contributed by atoms with Crippen LogP contribution in [0.1, 0.15) is 17.3 Å². The third-order valence-electron chi connectivity index (χ3n) is 2.19. The minimum Gasteiger partial charge on any atom is -0.481 e. The summed E-state index contributed by atoms with van der Waals surface area (Å²) < 4.78 is 4.57. The summed E-state index contributed by atoms with van der Waals surface area (Å²) in [6.45, 7) is 1.83. The van der Waals surface area contributed by atoms with Gasteiger partial charge in [-0.3, -0.25) is 4.79 Å². The molecule has 1 rings (SSSR count). The number of carboxylic acid groups (broad SMARTS) is 1. The molecule has 0 spiro atoms. The van der Waals surface area contributed by atoms with Crippen molar-refractivity contribution in [2.24, 2.45) is 5.92 Å². The number of anilines is 1. The highest BCUT2D eigenvalue weighted by Crippen LogP contribution is 2.08. The van der Waals surface area contributed by atoms with Crippen LogP contribution in [-0.4, -0.2) is 35.7 Å². The maximum Gasteiger partial charge on any atom is 0.338 e. The molecule has 1 heterocycles. The van der Waals surface area contributed by atoms with Crippen LogP contribution < -0.4 is 5.32 Å². The Morgan fingerprint density at radius 3 is 2.88 bits per heavy atom. The zero-order chi connectivity index (χ0) is 12.8. The van der Waals surface area contributed by atoms with Crippen LogP contribution in [0.3, 0.4) is 0 Å². The second kappa shape index (κ2) is 5.83. The first-order valence-corrected chi connectivity index (χ1v) is 5.05. The molecule has 1 atom stereocenters. The van der Waals surface area contributed by atoms with Gasteiger partial charge in [0.2, 0.25) is 0 Å². The van der Waals surface area contributed by atoms with Gasteiger partial charge in [-0.25, -0.2) is 9.78 Å². The van der Waals surface area contributed by atoms with Crippen molar-refractivity contribution in [2.45, 2.75) is 6.92 Å². The van der Waals surface area contributed by atoms with Gasteiger partial charge in [0.25, 0.3) is 0 Å². The van der Waals surface area contributed by atoms with Crippen LogP contribution in [0.5, 0.6) is 0 Å². The van der Waals surface area contributed by atoms with Crippen LogP contribution in [0.25, 0.3) is 0 Å². The summed E-state index contributed by atoms with van der Waals surface area (Å²) in [7, 11) is 1.29. The highest BCUT2D eigenvalue weighted by Gasteiger charge is 2.11. The average Bonchev–Trinajstić information content (AvgIpc) is 2.35. The molecular formula is C11H14N2O4. The molecule has 1 aromatic heterocycles. The van der Waals surface area contributed by atoms with E-state index in [1.807, 2.05) is 0 Å². The quantitative estimate of drug-likeness (QED) is 0.744. The molecule has 6 heteroatoms. The Hall–Kier alpha value is -2.11. The third-order valence-corrected chi connectivity index (χ3v) is 2.19. The van der Waals surface area contributed by atoms with Gasteiger partial charge in [-0.05, 0) is 12.1 Å². The number of hydrogen-bond donors (Lipinski definition) is 2. The maximum absolute atomic E-state index is 11.2. The number of esters is 1. The number of carbonyl (C=O) groups excluding carboxylic acids is 1. The fraction of sp³-hybridized carbons (Fsp3) is 0.364. The molecule has 92 valence electrons. The summed E-state index contributed by atoms with van der Waals surface area (Å²) in [5, 5.41) is 11.6. The fourth-order valence-corrected chi connectivity index (χ4v) is 1.12. The monoisotopic (exact) mass is 238 g/mol. The minimum atomic E-state index is -0.887. The van der Waals surface area contributed by atoms with Crippen molar-refractivity contribution in [1.29, 1.82) is 0 Å². The van der Waals surface area contributed by atoms with Gasteiger partial charge in [0.05, 0.1) is 18.6 Å². The van der Waals surface area contributed by atoms with Gasteiger partial charge in [-0.15, -0.1) is 0 Å². The lowest BCUT2D eigenvalue weighted by Gasteiger charge is -2.09. The van der Waals surface area contributed by atoms with Crippen molar-refractivity contribution >= 4 is 17.8 Å². The van der Waals surface area contributed by atoms with Gasteiger partial charge in [-0.1, -0.05) is 6.92 Å². The maximum atomic E-state index is 11.2. The lowest BCUT2D eigenvalue weighted by atomic mass is 10.2. The molecule has 0 amide bonds. The highest BCUT2D eigenvalue weighted by atomic mass is 16.5. The van der Waals surface area contributed by atoms with Crippen LogP contribution in [0.2, 0.25) is 0 Å². The summed E-state index contributed by atoms with van der Waals surface area (Å²) in [4.78, 5) is 25.8. The van der Waals surface area contributed by atoms with E-state index in [0.29, 0.717) is 11.4 Å². The predicted molar refractivity (Wildman–Crippen MR) is 60.9 cm³/mol. The SMILES string of the molecule is COC(=O)c1ccnc(NCC(C)C(=O)O)c1. The van der Waals surface area contributed by atoms with Crippen LogP contribution in [0.15, 0.2) is 18.3 Å². The molecule has 0 aromatic carbocycles. The summed E-state index contributed by atoms with van der Waals surface area (Å²) in [5.74, 6) is -1.43. The predicted octanol–water partition coefficient (Wildman–Crippen LogP) is 1.00. The zero-order valence-corrected chi connectivity index (χ0v) is 9.64. The van der Waals surface area contributed by atoms with E-state index >= 15 is 0 Å². The molecule has 0 radical (unpaired) electrons. The van der Waals surface area contributed by atoms with Gasteiger partial charge in [-0.2, -0.15) is 0 Å². The number of aromatic nitrogens is 1.